The van der Waals surface area contributed by atoms with Crippen LogP contribution in [0.3, 0.4) is 0 Å². The largest absolute Gasteiger partial charge is 0.324 e. The molecule has 1 aliphatic carbocycles. The molecule has 1 aromatic heterocycles. The molecule has 20 heavy (non-hydrogen) atoms. The van der Waals surface area contributed by atoms with Crippen LogP contribution in [0.15, 0.2) is 24.3 Å². The number of hydrogen-bond donors (Lipinski definition) is 1. The lowest BCUT2D eigenvalue weighted by atomic mass is 10.1. The van der Waals surface area contributed by atoms with E-state index >= 15 is 0 Å². The van der Waals surface area contributed by atoms with Crippen molar-refractivity contribution < 1.29 is 4.79 Å². The topological polar surface area (TPSA) is 45.2 Å². The van der Waals surface area contributed by atoms with Crippen LogP contribution in [-0.2, 0) is 17.6 Å². The molecule has 0 aliphatic heterocycles. The first kappa shape index (κ1) is 13.1. The van der Waals surface area contributed by atoms with Crippen molar-refractivity contribution in [2.75, 3.05) is 26.0 Å². The van der Waals surface area contributed by atoms with Gasteiger partial charge in [-0.2, -0.15) is 0 Å². The minimum Gasteiger partial charge on any atom is -0.324 e. The Morgan fingerprint density at radius 1 is 1.30 bits per heavy atom. The highest BCUT2D eigenvalue weighted by Gasteiger charge is 2.20. The second-order valence-electron chi connectivity index (χ2n) is 5.57. The van der Waals surface area contributed by atoms with Gasteiger partial charge in [0.15, 0.2) is 0 Å². The van der Waals surface area contributed by atoms with Crippen molar-refractivity contribution in [1.82, 2.24) is 9.88 Å². The van der Waals surface area contributed by atoms with E-state index in [0.29, 0.717) is 6.54 Å². The number of likely N-dealkylation sites (N-methyl/N-ethyl adjacent to an activating group) is 1. The summed E-state index contributed by atoms with van der Waals surface area (Å²) in [5, 5.41) is 4.14. The zero-order valence-corrected chi connectivity index (χ0v) is 11.9. The quantitative estimate of drug-likeness (QED) is 0.929. The van der Waals surface area contributed by atoms with E-state index in [4.69, 9.17) is 4.98 Å². The molecule has 0 radical (unpaired) electrons. The Bertz CT molecular complexity index is 664. The molecule has 0 fully saturated rings. The molecular formula is C16H19N3O. The average molecular weight is 269 g/mol. The normalized spacial score (nSPS) is 13.8. The number of anilines is 1. The second-order valence-corrected chi connectivity index (χ2v) is 5.57. The van der Waals surface area contributed by atoms with Crippen molar-refractivity contribution in [3.63, 3.8) is 0 Å². The van der Waals surface area contributed by atoms with Crippen LogP contribution in [0.1, 0.15) is 17.7 Å². The number of nitrogens with one attached hydrogen (secondary N) is 1. The number of benzene rings is 1. The molecule has 104 valence electrons. The number of rotatable bonds is 3. The minimum atomic E-state index is 0.0282. The van der Waals surface area contributed by atoms with Crippen LogP contribution in [0.25, 0.3) is 10.9 Å². The van der Waals surface area contributed by atoms with Crippen LogP contribution in [0.2, 0.25) is 0 Å². The number of hydrogen-bond acceptors (Lipinski definition) is 3. The molecule has 4 nitrogen and oxygen atoms in total. The van der Waals surface area contributed by atoms with Crippen LogP contribution in [-0.4, -0.2) is 36.4 Å². The van der Waals surface area contributed by atoms with E-state index in [0.717, 1.165) is 41.5 Å². The molecular weight excluding hydrogens is 250 g/mol. The van der Waals surface area contributed by atoms with Crippen molar-refractivity contribution in [3.8, 4) is 0 Å². The van der Waals surface area contributed by atoms with E-state index in [2.05, 4.69) is 5.32 Å². The number of fused-ring (bicyclic) bond motifs is 2. The van der Waals surface area contributed by atoms with Gasteiger partial charge in [-0.1, -0.05) is 18.2 Å². The lowest BCUT2D eigenvalue weighted by molar-refractivity contribution is -0.116. The van der Waals surface area contributed by atoms with Gasteiger partial charge in [0.2, 0.25) is 5.91 Å². The van der Waals surface area contributed by atoms with Gasteiger partial charge in [0.05, 0.1) is 17.7 Å². The molecule has 2 aromatic rings. The average Bonchev–Trinajstić information content (AvgIpc) is 2.85. The number of amides is 1. The fraction of sp³-hybridized carbons (Fsp3) is 0.375. The maximum Gasteiger partial charge on any atom is 0.238 e. The zero-order chi connectivity index (χ0) is 14.1. The van der Waals surface area contributed by atoms with Crippen LogP contribution >= 0.6 is 0 Å². The predicted octanol–water partition coefficient (Wildman–Crippen LogP) is 2.22. The molecule has 1 heterocycles. The lowest BCUT2D eigenvalue weighted by Gasteiger charge is -2.15. The van der Waals surface area contributed by atoms with Crippen molar-refractivity contribution in [1.29, 1.82) is 0 Å². The van der Waals surface area contributed by atoms with E-state index in [9.17, 15) is 4.79 Å². The summed E-state index contributed by atoms with van der Waals surface area (Å²) in [5.41, 5.74) is 4.29. The first-order chi connectivity index (χ1) is 9.65. The summed E-state index contributed by atoms with van der Waals surface area (Å²) >= 11 is 0. The Kier molecular flexibility index (Phi) is 3.40. The van der Waals surface area contributed by atoms with E-state index in [1.54, 1.807) is 0 Å². The third-order valence-electron chi connectivity index (χ3n) is 3.64. The fourth-order valence-corrected chi connectivity index (χ4v) is 2.82. The SMILES string of the molecule is CN(C)CC(=O)Nc1c2c(nc3ccccc13)CCC2. The maximum atomic E-state index is 12.1. The Morgan fingerprint density at radius 3 is 2.90 bits per heavy atom. The first-order valence-electron chi connectivity index (χ1n) is 7.00. The van der Waals surface area contributed by atoms with Gasteiger partial charge in [0.1, 0.15) is 0 Å². The molecule has 0 bridgehead atoms. The summed E-state index contributed by atoms with van der Waals surface area (Å²) in [5.74, 6) is 0.0282. The molecule has 0 unspecified atom stereocenters. The van der Waals surface area contributed by atoms with Crippen LogP contribution in [0.5, 0.6) is 0 Å². The number of para-hydroxylation sites is 1. The monoisotopic (exact) mass is 269 g/mol. The van der Waals surface area contributed by atoms with Crippen LogP contribution < -0.4 is 5.32 Å². The summed E-state index contributed by atoms with van der Waals surface area (Å²) in [4.78, 5) is 18.7. The van der Waals surface area contributed by atoms with Crippen molar-refractivity contribution in [2.45, 2.75) is 19.3 Å². The molecule has 3 rings (SSSR count). The Morgan fingerprint density at radius 2 is 2.10 bits per heavy atom. The third-order valence-corrected chi connectivity index (χ3v) is 3.64. The summed E-state index contributed by atoms with van der Waals surface area (Å²) in [6.45, 7) is 0.394. The minimum absolute atomic E-state index is 0.0282. The number of aryl methyl sites for hydroxylation is 1. The van der Waals surface area contributed by atoms with Crippen molar-refractivity contribution in [2.24, 2.45) is 0 Å². The molecule has 1 aliphatic rings. The molecule has 0 saturated heterocycles. The molecule has 0 saturated carbocycles. The summed E-state index contributed by atoms with van der Waals surface area (Å²) in [7, 11) is 3.79. The van der Waals surface area contributed by atoms with Gasteiger partial charge in [0.25, 0.3) is 0 Å². The standard InChI is InChI=1S/C16H19N3O/c1-19(2)10-15(20)18-16-11-6-3-4-8-13(11)17-14-9-5-7-12(14)16/h3-4,6,8H,5,7,9-10H2,1-2H3,(H,17,18,20). The van der Waals surface area contributed by atoms with Gasteiger partial charge in [-0.3, -0.25) is 9.78 Å². The fourth-order valence-electron chi connectivity index (χ4n) is 2.82. The van der Waals surface area contributed by atoms with E-state index in [1.807, 2.05) is 43.3 Å². The van der Waals surface area contributed by atoms with E-state index in [1.165, 1.54) is 5.56 Å². The van der Waals surface area contributed by atoms with Crippen LogP contribution in [0, 0.1) is 0 Å². The number of carbonyl (C=O) groups excluding carboxylic acids is 1. The molecule has 1 amide bonds. The van der Waals surface area contributed by atoms with Gasteiger partial charge in [-0.05, 0) is 45.0 Å². The number of aromatic nitrogens is 1. The predicted molar refractivity (Wildman–Crippen MR) is 81.0 cm³/mol. The third kappa shape index (κ3) is 2.39. The Hall–Kier alpha value is -1.94. The number of nitrogens with zero attached hydrogens (tertiary/aromatic N) is 2. The summed E-state index contributed by atoms with van der Waals surface area (Å²) in [6, 6.07) is 8.02. The Balaban J connectivity index is 2.06. The highest BCUT2D eigenvalue weighted by Crippen LogP contribution is 2.33. The lowest BCUT2D eigenvalue weighted by Crippen LogP contribution is -2.27. The Labute approximate surface area is 118 Å². The van der Waals surface area contributed by atoms with Gasteiger partial charge in [-0.25, -0.2) is 0 Å². The maximum absolute atomic E-state index is 12.1. The van der Waals surface area contributed by atoms with Gasteiger partial charge in [-0.15, -0.1) is 0 Å². The van der Waals surface area contributed by atoms with E-state index < -0.39 is 0 Å². The van der Waals surface area contributed by atoms with Gasteiger partial charge < -0.3 is 10.2 Å². The zero-order valence-electron chi connectivity index (χ0n) is 11.9. The summed E-state index contributed by atoms with van der Waals surface area (Å²) < 4.78 is 0. The molecule has 0 spiro atoms. The van der Waals surface area contributed by atoms with E-state index in [-0.39, 0.29) is 5.91 Å². The molecule has 0 atom stereocenters. The highest BCUT2D eigenvalue weighted by atomic mass is 16.2. The smallest absolute Gasteiger partial charge is 0.238 e. The highest BCUT2D eigenvalue weighted by molar-refractivity contribution is 6.03. The van der Waals surface area contributed by atoms with Gasteiger partial charge >= 0.3 is 0 Å². The molecule has 1 aromatic carbocycles. The first-order valence-corrected chi connectivity index (χ1v) is 7.00. The summed E-state index contributed by atoms with van der Waals surface area (Å²) in [6.07, 6.45) is 3.14. The molecule has 4 heteroatoms. The number of carbonyl (C=O) groups is 1. The second kappa shape index (κ2) is 5.21. The molecule has 1 N–H and O–H groups in total. The van der Waals surface area contributed by atoms with Crippen LogP contribution in [0.4, 0.5) is 5.69 Å². The number of pyridine rings is 1. The van der Waals surface area contributed by atoms with Gasteiger partial charge in [0, 0.05) is 11.1 Å². The van der Waals surface area contributed by atoms with Crippen molar-refractivity contribution in [3.05, 3.63) is 35.5 Å². The van der Waals surface area contributed by atoms with Crippen molar-refractivity contribution >= 4 is 22.5 Å².